The lowest BCUT2D eigenvalue weighted by atomic mass is 9.99. The number of piperidine rings is 1. The molecule has 5 heterocycles. The predicted molar refractivity (Wildman–Crippen MR) is 151 cm³/mol. The molecule has 10 nitrogen and oxygen atoms in total. The van der Waals surface area contributed by atoms with Crippen LogP contribution in [0.4, 0.5) is 17.3 Å². The highest BCUT2D eigenvalue weighted by molar-refractivity contribution is 5.98. The van der Waals surface area contributed by atoms with E-state index in [4.69, 9.17) is 14.5 Å². The molecule has 0 aliphatic carbocycles. The first-order valence-corrected chi connectivity index (χ1v) is 13.1. The average molecular weight is 523 g/mol. The highest BCUT2D eigenvalue weighted by Crippen LogP contribution is 2.43. The number of likely N-dealkylation sites (N-methyl/N-ethyl adjacent to an activating group) is 2. The van der Waals surface area contributed by atoms with Gasteiger partial charge in [-0.15, -0.1) is 0 Å². The van der Waals surface area contributed by atoms with Gasteiger partial charge in [-0.2, -0.15) is 0 Å². The van der Waals surface area contributed by atoms with Crippen molar-refractivity contribution in [1.82, 2.24) is 29.4 Å². The number of aromatic nitrogens is 5. The van der Waals surface area contributed by atoms with Gasteiger partial charge in [-0.05, 0) is 56.3 Å². The zero-order valence-corrected chi connectivity index (χ0v) is 22.4. The Kier molecular flexibility index (Phi) is 5.52. The Morgan fingerprint density at radius 3 is 2.77 bits per heavy atom. The number of hydrogen-bond donors (Lipinski definition) is 1. The van der Waals surface area contributed by atoms with Gasteiger partial charge in [-0.1, -0.05) is 0 Å². The van der Waals surface area contributed by atoms with Crippen LogP contribution in [0, 0.1) is 6.92 Å². The van der Waals surface area contributed by atoms with E-state index in [1.54, 1.807) is 18.9 Å². The van der Waals surface area contributed by atoms with Gasteiger partial charge in [0.05, 0.1) is 40.5 Å². The molecule has 0 amide bonds. The smallest absolute Gasteiger partial charge is 0.175 e. The average Bonchev–Trinajstić information content (AvgIpc) is 3.30. The molecule has 2 atom stereocenters. The first-order chi connectivity index (χ1) is 18.9. The van der Waals surface area contributed by atoms with Crippen molar-refractivity contribution in [1.29, 1.82) is 0 Å². The molecule has 1 fully saturated rings. The number of nitrogens with one attached hydrogen (secondary N) is 1. The lowest BCUT2D eigenvalue weighted by Gasteiger charge is -2.45. The molecule has 198 valence electrons. The minimum Gasteiger partial charge on any atom is -0.483 e. The van der Waals surface area contributed by atoms with E-state index < -0.39 is 0 Å². The molecule has 2 aromatic carbocycles. The molecule has 3 aromatic heterocycles. The number of rotatable bonds is 4. The van der Waals surface area contributed by atoms with Crippen LogP contribution in [-0.2, 0) is 7.05 Å². The summed E-state index contributed by atoms with van der Waals surface area (Å²) in [5.41, 5.74) is 4.60. The van der Waals surface area contributed by atoms with Crippen molar-refractivity contribution < 1.29 is 9.47 Å². The van der Waals surface area contributed by atoms with E-state index in [9.17, 15) is 0 Å². The third-order valence-corrected chi connectivity index (χ3v) is 7.80. The van der Waals surface area contributed by atoms with Gasteiger partial charge in [-0.25, -0.2) is 19.9 Å². The Balaban J connectivity index is 1.19. The zero-order valence-electron chi connectivity index (χ0n) is 22.4. The molecule has 0 spiro atoms. The molecule has 10 heteroatoms. The molecule has 39 heavy (non-hydrogen) atoms. The Hall–Kier alpha value is -4.44. The summed E-state index contributed by atoms with van der Waals surface area (Å²) in [5.74, 6) is 3.78. The fourth-order valence-electron chi connectivity index (χ4n) is 5.64. The highest BCUT2D eigenvalue weighted by Gasteiger charge is 2.39. The predicted octanol–water partition coefficient (Wildman–Crippen LogP) is 4.66. The maximum absolute atomic E-state index is 6.61. The van der Waals surface area contributed by atoms with Crippen molar-refractivity contribution in [3.05, 3.63) is 60.8 Å². The summed E-state index contributed by atoms with van der Waals surface area (Å²) in [6.07, 6.45) is 6.23. The number of likely N-dealkylation sites (tertiary alicyclic amines) is 1. The molecule has 5 aromatic rings. The van der Waals surface area contributed by atoms with Gasteiger partial charge in [0, 0.05) is 38.9 Å². The van der Waals surface area contributed by atoms with Gasteiger partial charge in [0.1, 0.15) is 29.7 Å². The quantitative estimate of drug-likeness (QED) is 0.362. The van der Waals surface area contributed by atoms with Crippen molar-refractivity contribution in [2.24, 2.45) is 7.05 Å². The van der Waals surface area contributed by atoms with Crippen molar-refractivity contribution in [3.63, 3.8) is 0 Å². The van der Waals surface area contributed by atoms with Crippen LogP contribution in [0.2, 0.25) is 0 Å². The molecule has 0 radical (unpaired) electrons. The van der Waals surface area contributed by atoms with Crippen molar-refractivity contribution in [2.45, 2.75) is 25.5 Å². The van der Waals surface area contributed by atoms with Crippen molar-refractivity contribution >= 4 is 39.3 Å². The Labute approximate surface area is 226 Å². The first-order valence-electron chi connectivity index (χ1n) is 13.1. The van der Waals surface area contributed by atoms with E-state index in [0.717, 1.165) is 75.8 Å². The summed E-state index contributed by atoms with van der Waals surface area (Å²) >= 11 is 0. The third-order valence-electron chi connectivity index (χ3n) is 7.80. The molecule has 0 saturated carbocycles. The lowest BCUT2D eigenvalue weighted by Crippen LogP contribution is -2.57. The van der Waals surface area contributed by atoms with Gasteiger partial charge in [-0.3, -0.25) is 0 Å². The molecular formula is C29H30N8O2. The second-order valence-electron chi connectivity index (χ2n) is 10.5. The van der Waals surface area contributed by atoms with Gasteiger partial charge in [0.2, 0.25) is 0 Å². The summed E-state index contributed by atoms with van der Waals surface area (Å²) in [6, 6.07) is 12.2. The number of pyridine rings is 1. The molecule has 2 aliphatic heterocycles. The van der Waals surface area contributed by atoms with Crippen LogP contribution in [0.1, 0.15) is 12.0 Å². The number of anilines is 3. The number of ether oxygens (including phenoxy) is 2. The summed E-state index contributed by atoms with van der Waals surface area (Å²) < 4.78 is 14.8. The Morgan fingerprint density at radius 1 is 1.00 bits per heavy atom. The second-order valence-corrected chi connectivity index (χ2v) is 10.5. The first kappa shape index (κ1) is 23.7. The molecular weight excluding hydrogens is 492 g/mol. The van der Waals surface area contributed by atoms with Crippen LogP contribution in [-0.4, -0.2) is 68.7 Å². The standard InChI is InChI=1S/C29H30N8O2/c1-17-11-18(5-8-24(17)38-19-6-7-22-20(12-19)33-16-36(22)3)34-28-26-21(31-15-32-28)13-30-29-27(26)39-25-9-10-35(2)14-23(25)37(29)4/h5-8,11-13,15-16,23,25H,9-10,14H2,1-4H3,(H,31,32,34)/t23-,25+/m1/s1. The topological polar surface area (TPSA) is 93.5 Å². The van der Waals surface area contributed by atoms with Crippen LogP contribution >= 0.6 is 0 Å². The van der Waals surface area contributed by atoms with Gasteiger partial charge in [0.25, 0.3) is 0 Å². The maximum Gasteiger partial charge on any atom is 0.175 e. The van der Waals surface area contributed by atoms with Crippen molar-refractivity contribution in [2.75, 3.05) is 37.4 Å². The Bertz CT molecular complexity index is 1720. The van der Waals surface area contributed by atoms with Crippen LogP contribution in [0.15, 0.2) is 55.2 Å². The van der Waals surface area contributed by atoms with Gasteiger partial charge < -0.3 is 29.2 Å². The van der Waals surface area contributed by atoms with E-state index in [-0.39, 0.29) is 12.1 Å². The normalized spacial score (nSPS) is 19.0. The number of hydrogen-bond acceptors (Lipinski definition) is 9. The van der Waals surface area contributed by atoms with E-state index in [1.807, 2.05) is 48.9 Å². The third kappa shape index (κ3) is 4.08. The summed E-state index contributed by atoms with van der Waals surface area (Å²) in [6.45, 7) is 3.98. The molecule has 1 N–H and O–H groups in total. The van der Waals surface area contributed by atoms with Crippen LogP contribution in [0.25, 0.3) is 21.9 Å². The van der Waals surface area contributed by atoms with Gasteiger partial charge >= 0.3 is 0 Å². The monoisotopic (exact) mass is 522 g/mol. The minimum atomic E-state index is 0.100. The zero-order chi connectivity index (χ0) is 26.7. The fraction of sp³-hybridized carbons (Fsp3) is 0.310. The summed E-state index contributed by atoms with van der Waals surface area (Å²) in [5, 5.41) is 4.34. The number of fused-ring (bicyclic) bond motifs is 5. The number of imidazole rings is 1. The van der Waals surface area contributed by atoms with E-state index in [2.05, 4.69) is 50.2 Å². The van der Waals surface area contributed by atoms with E-state index in [1.165, 1.54) is 0 Å². The van der Waals surface area contributed by atoms with Crippen molar-refractivity contribution in [3.8, 4) is 17.2 Å². The molecule has 0 bridgehead atoms. The number of benzene rings is 2. The van der Waals surface area contributed by atoms with E-state index >= 15 is 0 Å². The molecule has 7 rings (SSSR count). The van der Waals surface area contributed by atoms with E-state index in [0.29, 0.717) is 5.82 Å². The minimum absolute atomic E-state index is 0.100. The molecule has 2 aliphatic rings. The van der Waals surface area contributed by atoms with Crippen LogP contribution < -0.4 is 19.7 Å². The van der Waals surface area contributed by atoms with Crippen LogP contribution in [0.3, 0.4) is 0 Å². The SMILES string of the molecule is Cc1cc(Nc2ncnc3cnc4c(c23)O[C@H]2CCN(C)C[C@H]2N4C)ccc1Oc1ccc2c(c1)ncn2C. The summed E-state index contributed by atoms with van der Waals surface area (Å²) in [4.78, 5) is 22.8. The molecule has 1 saturated heterocycles. The van der Waals surface area contributed by atoms with Crippen LogP contribution in [0.5, 0.6) is 17.2 Å². The summed E-state index contributed by atoms with van der Waals surface area (Å²) in [7, 11) is 6.23. The van der Waals surface area contributed by atoms with Gasteiger partial charge in [0.15, 0.2) is 11.6 Å². The fourth-order valence-corrected chi connectivity index (χ4v) is 5.64. The largest absolute Gasteiger partial charge is 0.483 e. The second kappa shape index (κ2) is 9.09. The number of nitrogens with zero attached hydrogens (tertiary/aromatic N) is 7. The maximum atomic E-state index is 6.61. The molecule has 0 unspecified atom stereocenters. The highest BCUT2D eigenvalue weighted by atomic mass is 16.5. The lowest BCUT2D eigenvalue weighted by molar-refractivity contribution is 0.0805. The Morgan fingerprint density at radius 2 is 1.90 bits per heavy atom. The number of aryl methyl sites for hydroxylation is 2.